The number of amides is 2. The fourth-order valence-corrected chi connectivity index (χ4v) is 5.28. The maximum atomic E-state index is 13.5. The number of aromatic nitrogens is 1. The Kier molecular flexibility index (Phi) is 6.39. The van der Waals surface area contributed by atoms with Gasteiger partial charge in [-0.25, -0.2) is 0 Å². The molecule has 2 amide bonds. The molecular weight excluding hydrogens is 476 g/mol. The molecule has 0 spiro atoms. The van der Waals surface area contributed by atoms with E-state index in [9.17, 15) is 9.59 Å². The number of nitrogens with one attached hydrogen (secondary N) is 3. The zero-order chi connectivity index (χ0) is 25.2. The number of carbonyl (C=O) groups excluding carboxylic acids is 2. The van der Waals surface area contributed by atoms with Gasteiger partial charge in [-0.1, -0.05) is 42.1 Å². The average molecular weight is 501 g/mol. The fraction of sp³-hybridized carbons (Fsp3) is 0.148. The van der Waals surface area contributed by atoms with Crippen molar-refractivity contribution in [1.82, 2.24) is 4.57 Å². The van der Waals surface area contributed by atoms with Gasteiger partial charge in [-0.3, -0.25) is 15.0 Å². The number of nitrogens with zero attached hydrogens (tertiary/aromatic N) is 1. The van der Waals surface area contributed by atoms with Crippen molar-refractivity contribution in [2.45, 2.75) is 12.8 Å². The summed E-state index contributed by atoms with van der Waals surface area (Å²) < 4.78 is 13.2. The van der Waals surface area contributed by atoms with Crippen LogP contribution >= 0.6 is 11.8 Å². The summed E-state index contributed by atoms with van der Waals surface area (Å²) >= 11 is 1.21. The van der Waals surface area contributed by atoms with E-state index in [0.717, 1.165) is 5.69 Å². The Morgan fingerprint density at radius 3 is 2.58 bits per heavy atom. The fourth-order valence-electron chi connectivity index (χ4n) is 4.39. The van der Waals surface area contributed by atoms with E-state index in [4.69, 9.17) is 14.9 Å². The Hall–Kier alpha value is -4.24. The molecule has 3 aromatic rings. The van der Waals surface area contributed by atoms with Crippen LogP contribution in [0, 0.1) is 5.41 Å². The van der Waals surface area contributed by atoms with Crippen molar-refractivity contribution in [3.05, 3.63) is 101 Å². The quantitative estimate of drug-likeness (QED) is 0.426. The molecule has 1 atom stereocenters. The SMILES string of the molecule is COc1ccccc1NC(=O)C1=C(C)OC(SCC(=O)Nc2ccccc2)=C2C(=N)n3cccc3C12. The summed E-state index contributed by atoms with van der Waals surface area (Å²) in [5.74, 6) is 0.261. The van der Waals surface area contributed by atoms with Crippen LogP contribution in [-0.2, 0) is 14.3 Å². The lowest BCUT2D eigenvalue weighted by atomic mass is 9.87. The highest BCUT2D eigenvalue weighted by molar-refractivity contribution is 8.03. The van der Waals surface area contributed by atoms with Gasteiger partial charge < -0.3 is 24.7 Å². The number of rotatable bonds is 7. The lowest BCUT2D eigenvalue weighted by Gasteiger charge is -2.26. The van der Waals surface area contributed by atoms with Gasteiger partial charge in [-0.15, -0.1) is 0 Å². The predicted molar refractivity (Wildman–Crippen MR) is 140 cm³/mol. The van der Waals surface area contributed by atoms with Gasteiger partial charge in [-0.2, -0.15) is 0 Å². The number of anilines is 2. The number of hydrogen-bond donors (Lipinski definition) is 3. The van der Waals surface area contributed by atoms with Crippen molar-refractivity contribution in [2.75, 3.05) is 23.5 Å². The normalized spacial score (nSPS) is 16.3. The Labute approximate surface area is 212 Å². The number of carbonyl (C=O) groups is 2. The van der Waals surface area contributed by atoms with Crippen LogP contribution in [0.25, 0.3) is 0 Å². The molecule has 182 valence electrons. The molecule has 1 unspecified atom stereocenters. The van der Waals surface area contributed by atoms with Crippen LogP contribution in [0.5, 0.6) is 5.75 Å². The first-order chi connectivity index (χ1) is 17.5. The number of ether oxygens (including phenoxy) is 2. The van der Waals surface area contributed by atoms with Gasteiger partial charge in [-0.05, 0) is 43.3 Å². The topological polar surface area (TPSA) is 105 Å². The van der Waals surface area contributed by atoms with Crippen LogP contribution in [0.2, 0.25) is 0 Å². The van der Waals surface area contributed by atoms with Crippen LogP contribution in [0.4, 0.5) is 11.4 Å². The van der Waals surface area contributed by atoms with Crippen molar-refractivity contribution in [2.24, 2.45) is 0 Å². The molecule has 2 aromatic carbocycles. The second-order valence-electron chi connectivity index (χ2n) is 8.22. The minimum Gasteiger partial charge on any atom is -0.495 e. The van der Waals surface area contributed by atoms with Gasteiger partial charge in [0.2, 0.25) is 5.91 Å². The Morgan fingerprint density at radius 2 is 1.81 bits per heavy atom. The van der Waals surface area contributed by atoms with Crippen molar-refractivity contribution in [3.8, 4) is 5.75 Å². The van der Waals surface area contributed by atoms with Gasteiger partial charge in [0.1, 0.15) is 17.3 Å². The number of hydrogen-bond acceptors (Lipinski definition) is 6. The highest BCUT2D eigenvalue weighted by Gasteiger charge is 2.44. The molecule has 5 rings (SSSR count). The molecule has 36 heavy (non-hydrogen) atoms. The van der Waals surface area contributed by atoms with Crippen LogP contribution in [-0.4, -0.2) is 35.1 Å². The summed E-state index contributed by atoms with van der Waals surface area (Å²) in [7, 11) is 1.54. The van der Waals surface area contributed by atoms with E-state index in [2.05, 4.69) is 10.6 Å². The van der Waals surface area contributed by atoms with Crippen molar-refractivity contribution >= 4 is 40.8 Å². The van der Waals surface area contributed by atoms with Gasteiger partial charge in [0.05, 0.1) is 35.6 Å². The van der Waals surface area contributed by atoms with E-state index >= 15 is 0 Å². The second kappa shape index (κ2) is 9.79. The summed E-state index contributed by atoms with van der Waals surface area (Å²) in [6, 6.07) is 20.1. The molecule has 9 heteroatoms. The van der Waals surface area contributed by atoms with E-state index < -0.39 is 5.92 Å². The summed E-state index contributed by atoms with van der Waals surface area (Å²) in [6.45, 7) is 1.73. The molecule has 3 heterocycles. The molecule has 0 saturated carbocycles. The zero-order valence-corrected chi connectivity index (χ0v) is 20.5. The average Bonchev–Trinajstić information content (AvgIpc) is 3.46. The number of thioether (sulfide) groups is 1. The maximum absolute atomic E-state index is 13.5. The molecule has 1 aromatic heterocycles. The number of benzene rings is 2. The minimum absolute atomic E-state index is 0.0959. The minimum atomic E-state index is -0.490. The molecule has 0 aliphatic carbocycles. The van der Waals surface area contributed by atoms with Crippen molar-refractivity contribution in [3.63, 3.8) is 0 Å². The van der Waals surface area contributed by atoms with Crippen LogP contribution in [0.1, 0.15) is 18.5 Å². The lowest BCUT2D eigenvalue weighted by Crippen LogP contribution is -2.25. The largest absolute Gasteiger partial charge is 0.495 e. The Morgan fingerprint density at radius 1 is 1.06 bits per heavy atom. The molecule has 0 fully saturated rings. The third-order valence-electron chi connectivity index (χ3n) is 5.99. The number of allylic oxidation sites excluding steroid dienone is 2. The standard InChI is InChI=1S/C27H24N4O4S/c1-16-22(26(33)30-18-11-6-7-13-20(18)34-2)23-19-12-8-14-31(19)25(28)24(23)27(35-16)36-15-21(32)29-17-9-4-3-5-10-17/h3-14,23,28H,15H2,1-2H3,(H,29,32)(H,30,33). The van der Waals surface area contributed by atoms with E-state index in [0.29, 0.717) is 39.1 Å². The Bertz CT molecular complexity index is 1420. The molecule has 3 N–H and O–H groups in total. The van der Waals surface area contributed by atoms with Crippen LogP contribution in [0.3, 0.4) is 0 Å². The predicted octanol–water partition coefficient (Wildman–Crippen LogP) is 4.95. The third-order valence-corrected chi connectivity index (χ3v) is 6.96. The summed E-state index contributed by atoms with van der Waals surface area (Å²) in [6.07, 6.45) is 1.79. The van der Waals surface area contributed by atoms with Gasteiger partial charge >= 0.3 is 0 Å². The zero-order valence-electron chi connectivity index (χ0n) is 19.7. The first kappa shape index (κ1) is 23.5. The van der Waals surface area contributed by atoms with Crippen LogP contribution in [0.15, 0.2) is 94.9 Å². The molecule has 2 aliphatic heterocycles. The smallest absolute Gasteiger partial charge is 0.256 e. The van der Waals surface area contributed by atoms with E-state index in [1.807, 2.05) is 54.6 Å². The van der Waals surface area contributed by atoms with Gasteiger partial charge in [0.25, 0.3) is 5.91 Å². The number of para-hydroxylation sites is 3. The summed E-state index contributed by atoms with van der Waals surface area (Å²) in [4.78, 5) is 26.1. The van der Waals surface area contributed by atoms with E-state index in [1.165, 1.54) is 11.8 Å². The molecule has 0 radical (unpaired) electrons. The Balaban J connectivity index is 1.42. The van der Waals surface area contributed by atoms with E-state index in [1.54, 1.807) is 36.9 Å². The summed E-state index contributed by atoms with van der Waals surface area (Å²) in [5.41, 5.74) is 3.03. The first-order valence-electron chi connectivity index (χ1n) is 11.3. The highest BCUT2D eigenvalue weighted by Crippen LogP contribution is 2.48. The molecule has 2 aliphatic rings. The first-order valence-corrected chi connectivity index (χ1v) is 12.3. The van der Waals surface area contributed by atoms with Crippen molar-refractivity contribution < 1.29 is 19.1 Å². The summed E-state index contributed by atoms with van der Waals surface area (Å²) in [5, 5.41) is 15.0. The number of methoxy groups -OCH3 is 1. The third kappa shape index (κ3) is 4.29. The molecule has 0 bridgehead atoms. The van der Waals surface area contributed by atoms with Crippen molar-refractivity contribution in [1.29, 1.82) is 5.41 Å². The second-order valence-corrected chi connectivity index (χ2v) is 9.16. The lowest BCUT2D eigenvalue weighted by molar-refractivity contribution is -0.114. The monoisotopic (exact) mass is 500 g/mol. The van der Waals surface area contributed by atoms with Gasteiger partial charge in [0.15, 0.2) is 5.09 Å². The maximum Gasteiger partial charge on any atom is 0.256 e. The molecule has 0 saturated heterocycles. The number of fused-ring (bicyclic) bond motifs is 3. The molecule has 8 nitrogen and oxygen atoms in total. The van der Waals surface area contributed by atoms with Gasteiger partial charge in [0, 0.05) is 17.6 Å². The highest BCUT2D eigenvalue weighted by atomic mass is 32.2. The molecular formula is C27H24N4O4S. The van der Waals surface area contributed by atoms with E-state index in [-0.39, 0.29) is 23.4 Å². The van der Waals surface area contributed by atoms with Crippen LogP contribution < -0.4 is 15.4 Å².